The smallest absolute Gasteiger partial charge is 0.158 e. The molecule has 0 radical (unpaired) electrons. The minimum absolute atomic E-state index is 0.0619. The van der Waals surface area contributed by atoms with Crippen LogP contribution in [-0.4, -0.2) is 30.5 Å². The van der Waals surface area contributed by atoms with Gasteiger partial charge in [0.1, 0.15) is 0 Å². The lowest BCUT2D eigenvalue weighted by atomic mass is 9.86. The van der Waals surface area contributed by atoms with Crippen LogP contribution in [0.5, 0.6) is 0 Å². The Morgan fingerprint density at radius 3 is 2.55 bits per heavy atom. The van der Waals surface area contributed by atoms with Crippen LogP contribution in [0.1, 0.15) is 62.5 Å². The summed E-state index contributed by atoms with van der Waals surface area (Å²) in [5.74, 6) is 0. The van der Waals surface area contributed by atoms with E-state index in [0.717, 1.165) is 41.1 Å². The molecule has 0 fully saturated rings. The van der Waals surface area contributed by atoms with Crippen molar-refractivity contribution in [2.24, 2.45) is 10.1 Å². The Morgan fingerprint density at radius 2 is 1.93 bits per heavy atom. The van der Waals surface area contributed by atoms with E-state index in [1.165, 1.54) is 5.56 Å². The highest BCUT2D eigenvalue weighted by molar-refractivity contribution is 6.33. The molecule has 1 atom stereocenters. The van der Waals surface area contributed by atoms with Crippen molar-refractivity contribution < 1.29 is 4.84 Å². The van der Waals surface area contributed by atoms with Crippen LogP contribution in [0.4, 0.5) is 5.69 Å². The van der Waals surface area contributed by atoms with Gasteiger partial charge in [-0.3, -0.25) is 0 Å². The zero-order valence-corrected chi connectivity index (χ0v) is 18.9. The molecular formula is C24H30ClN3O. The van der Waals surface area contributed by atoms with Crippen LogP contribution >= 0.6 is 11.6 Å². The summed E-state index contributed by atoms with van der Waals surface area (Å²) >= 11 is 6.49. The highest BCUT2D eigenvalue weighted by Gasteiger charge is 2.26. The van der Waals surface area contributed by atoms with Gasteiger partial charge in [0.15, 0.2) is 6.10 Å². The highest BCUT2D eigenvalue weighted by Crippen LogP contribution is 2.35. The van der Waals surface area contributed by atoms with Crippen LogP contribution < -0.4 is 0 Å². The van der Waals surface area contributed by atoms with E-state index in [2.05, 4.69) is 69.0 Å². The zero-order chi connectivity index (χ0) is 21.2. The normalized spacial score (nSPS) is 16.8. The highest BCUT2D eigenvalue weighted by atomic mass is 35.5. The first-order valence-electron chi connectivity index (χ1n) is 10.1. The minimum Gasteiger partial charge on any atom is -0.387 e. The summed E-state index contributed by atoms with van der Waals surface area (Å²) < 4.78 is 0. The molecule has 0 spiro atoms. The van der Waals surface area contributed by atoms with E-state index < -0.39 is 0 Å². The lowest BCUT2D eigenvalue weighted by Crippen LogP contribution is -2.14. The van der Waals surface area contributed by atoms with E-state index in [1.807, 2.05) is 24.1 Å². The number of halogens is 1. The molecule has 2 aromatic rings. The van der Waals surface area contributed by atoms with Gasteiger partial charge in [-0.15, -0.1) is 0 Å². The van der Waals surface area contributed by atoms with Crippen LogP contribution in [0.25, 0.3) is 0 Å². The quantitative estimate of drug-likeness (QED) is 0.420. The van der Waals surface area contributed by atoms with Gasteiger partial charge < -0.3 is 9.74 Å². The topological polar surface area (TPSA) is 37.2 Å². The van der Waals surface area contributed by atoms with Crippen molar-refractivity contribution in [3.8, 4) is 0 Å². The molecule has 3 rings (SSSR count). The van der Waals surface area contributed by atoms with Crippen LogP contribution in [0.2, 0.25) is 5.02 Å². The minimum atomic E-state index is -0.0619. The summed E-state index contributed by atoms with van der Waals surface area (Å²) in [5, 5.41) is 4.98. The predicted molar refractivity (Wildman–Crippen MR) is 123 cm³/mol. The molecule has 4 nitrogen and oxygen atoms in total. The van der Waals surface area contributed by atoms with Gasteiger partial charge in [-0.25, -0.2) is 4.99 Å². The fourth-order valence-corrected chi connectivity index (χ4v) is 3.44. The van der Waals surface area contributed by atoms with Crippen molar-refractivity contribution in [1.29, 1.82) is 0 Å². The Kier molecular flexibility index (Phi) is 6.33. The first-order valence-corrected chi connectivity index (χ1v) is 10.4. The Balaban J connectivity index is 1.76. The lowest BCUT2D eigenvalue weighted by molar-refractivity contribution is 0.0857. The van der Waals surface area contributed by atoms with Gasteiger partial charge in [0, 0.05) is 25.6 Å². The third-order valence-corrected chi connectivity index (χ3v) is 5.62. The number of rotatable bonds is 5. The summed E-state index contributed by atoms with van der Waals surface area (Å²) in [5.41, 5.74) is 6.40. The molecule has 2 aromatic carbocycles. The third-order valence-electron chi connectivity index (χ3n) is 5.31. The fraction of sp³-hybridized carbons (Fsp3) is 0.417. The van der Waals surface area contributed by atoms with Crippen LogP contribution in [0, 0.1) is 6.92 Å². The first-order chi connectivity index (χ1) is 13.7. The number of aliphatic imine (C=N–C) groups is 1. The molecule has 1 heterocycles. The van der Waals surface area contributed by atoms with E-state index in [1.54, 1.807) is 6.34 Å². The molecule has 1 aliphatic rings. The number of oxime groups is 1. The molecule has 0 saturated carbocycles. The maximum atomic E-state index is 6.49. The molecule has 0 bridgehead atoms. The number of hydrogen-bond acceptors (Lipinski definition) is 3. The zero-order valence-electron chi connectivity index (χ0n) is 18.2. The van der Waals surface area contributed by atoms with Gasteiger partial charge in [0.05, 0.1) is 22.8 Å². The van der Waals surface area contributed by atoms with Gasteiger partial charge >= 0.3 is 0 Å². The van der Waals surface area contributed by atoms with Crippen molar-refractivity contribution in [3.63, 3.8) is 0 Å². The molecule has 0 aliphatic carbocycles. The number of nitrogens with zero attached hydrogens (tertiary/aromatic N) is 3. The summed E-state index contributed by atoms with van der Waals surface area (Å²) in [4.78, 5) is 12.3. The molecule has 0 amide bonds. The molecular weight excluding hydrogens is 382 g/mol. The van der Waals surface area contributed by atoms with Crippen molar-refractivity contribution in [1.82, 2.24) is 4.90 Å². The Morgan fingerprint density at radius 1 is 1.24 bits per heavy atom. The lowest BCUT2D eigenvalue weighted by Gasteiger charge is -2.19. The molecule has 0 aromatic heterocycles. The number of hydrogen-bond donors (Lipinski definition) is 0. The Labute approximate surface area is 179 Å². The first kappa shape index (κ1) is 21.4. The second kappa shape index (κ2) is 8.58. The van der Waals surface area contributed by atoms with Gasteiger partial charge in [0.25, 0.3) is 0 Å². The fourth-order valence-electron chi connectivity index (χ4n) is 3.23. The monoisotopic (exact) mass is 411 g/mol. The van der Waals surface area contributed by atoms with Crippen molar-refractivity contribution in [3.05, 3.63) is 63.7 Å². The molecule has 5 heteroatoms. The number of aryl methyl sites for hydroxylation is 1. The summed E-state index contributed by atoms with van der Waals surface area (Å²) in [6.45, 7) is 11.7. The summed E-state index contributed by atoms with van der Waals surface area (Å²) in [6.07, 6.45) is 2.47. The predicted octanol–water partition coefficient (Wildman–Crippen LogP) is 6.42. The van der Waals surface area contributed by atoms with Crippen LogP contribution in [0.15, 0.2) is 46.5 Å². The van der Waals surface area contributed by atoms with Crippen LogP contribution in [-0.2, 0) is 10.3 Å². The average molecular weight is 412 g/mol. The van der Waals surface area contributed by atoms with E-state index >= 15 is 0 Å². The molecule has 0 saturated heterocycles. The maximum Gasteiger partial charge on any atom is 0.158 e. The average Bonchev–Trinajstić information content (AvgIpc) is 3.17. The third kappa shape index (κ3) is 4.99. The standard InChI is InChI=1S/C24H30ClN3O/c1-7-28(6)15-26-22-12-16(2)19(13-20(22)25)21-14-23(29-27-21)17-8-10-18(11-9-17)24(3,4)5/h8-13,15,23H,7,14H2,1-6H3. The van der Waals surface area contributed by atoms with E-state index in [0.29, 0.717) is 5.02 Å². The van der Waals surface area contributed by atoms with Crippen LogP contribution in [0.3, 0.4) is 0 Å². The molecule has 1 unspecified atom stereocenters. The van der Waals surface area contributed by atoms with Crippen molar-refractivity contribution >= 4 is 29.3 Å². The number of benzene rings is 2. The summed E-state index contributed by atoms with van der Waals surface area (Å²) in [7, 11) is 1.98. The maximum absolute atomic E-state index is 6.49. The van der Waals surface area contributed by atoms with Gasteiger partial charge in [-0.1, -0.05) is 61.8 Å². The largest absolute Gasteiger partial charge is 0.387 e. The van der Waals surface area contributed by atoms with Crippen molar-refractivity contribution in [2.45, 2.75) is 52.6 Å². The Hall–Kier alpha value is -2.33. The van der Waals surface area contributed by atoms with Gasteiger partial charge in [-0.05, 0) is 48.1 Å². The molecule has 1 aliphatic heterocycles. The van der Waals surface area contributed by atoms with E-state index in [-0.39, 0.29) is 11.5 Å². The van der Waals surface area contributed by atoms with E-state index in [4.69, 9.17) is 16.4 Å². The van der Waals surface area contributed by atoms with Crippen molar-refractivity contribution in [2.75, 3.05) is 13.6 Å². The molecule has 29 heavy (non-hydrogen) atoms. The molecule has 154 valence electrons. The second-order valence-corrected chi connectivity index (χ2v) is 9.05. The van der Waals surface area contributed by atoms with Gasteiger partial charge in [-0.2, -0.15) is 0 Å². The Bertz CT molecular complexity index is 926. The van der Waals surface area contributed by atoms with Gasteiger partial charge in [0.2, 0.25) is 0 Å². The SMILES string of the molecule is CCN(C)C=Nc1cc(C)c(C2=NOC(c3ccc(C(C)(C)C)cc3)C2)cc1Cl. The second-order valence-electron chi connectivity index (χ2n) is 8.64. The molecule has 0 N–H and O–H groups in total. The summed E-state index contributed by atoms with van der Waals surface area (Å²) in [6, 6.07) is 12.6. The van der Waals surface area contributed by atoms with E-state index in [9.17, 15) is 0 Å².